The molecule has 0 atom stereocenters. The van der Waals surface area contributed by atoms with E-state index in [1.165, 1.54) is 0 Å². The van der Waals surface area contributed by atoms with Crippen LogP contribution in [-0.2, 0) is 5.41 Å². The Labute approximate surface area is 114 Å². The van der Waals surface area contributed by atoms with Gasteiger partial charge in [-0.25, -0.2) is 0 Å². The lowest BCUT2D eigenvalue weighted by Gasteiger charge is -2.25. The highest BCUT2D eigenvalue weighted by Crippen LogP contribution is 2.34. The lowest BCUT2D eigenvalue weighted by atomic mass is 9.77. The topological polar surface area (TPSA) is 26.3 Å². The van der Waals surface area contributed by atoms with E-state index in [0.29, 0.717) is 0 Å². The Morgan fingerprint density at radius 2 is 1.53 bits per heavy atom. The molecule has 0 amide bonds. The van der Waals surface area contributed by atoms with Crippen LogP contribution in [0.1, 0.15) is 29.8 Å². The minimum absolute atomic E-state index is 0.0950. The molecule has 0 saturated heterocycles. The van der Waals surface area contributed by atoms with Gasteiger partial charge in [-0.1, -0.05) is 48.5 Å². The molecule has 0 heterocycles. The second-order valence-electron chi connectivity index (χ2n) is 5.02. The zero-order valence-electron chi connectivity index (χ0n) is 11.5. The van der Waals surface area contributed by atoms with Crippen LogP contribution in [-0.4, -0.2) is 12.9 Å². The second kappa shape index (κ2) is 5.27. The van der Waals surface area contributed by atoms with Gasteiger partial charge in [-0.2, -0.15) is 0 Å². The molecule has 19 heavy (non-hydrogen) atoms. The predicted molar refractivity (Wildman–Crippen MR) is 76.8 cm³/mol. The Bertz CT molecular complexity index is 571. The molecule has 2 rings (SSSR count). The van der Waals surface area contributed by atoms with Crippen molar-refractivity contribution >= 4 is 5.78 Å². The zero-order chi connectivity index (χ0) is 13.9. The van der Waals surface area contributed by atoms with E-state index in [1.54, 1.807) is 7.11 Å². The minimum Gasteiger partial charge on any atom is -0.496 e. The molecule has 0 saturated carbocycles. The standard InChI is InChI=1S/C17H18O2/c1-17(2,14-11-7-8-12-15(14)19-3)16(18)13-9-5-4-6-10-13/h4-12H,1-3H3. The van der Waals surface area contributed by atoms with E-state index in [4.69, 9.17) is 4.74 Å². The van der Waals surface area contributed by atoms with Crippen LogP contribution >= 0.6 is 0 Å². The van der Waals surface area contributed by atoms with Crippen molar-refractivity contribution in [1.82, 2.24) is 0 Å². The summed E-state index contributed by atoms with van der Waals surface area (Å²) in [5.74, 6) is 0.842. The average Bonchev–Trinajstić information content (AvgIpc) is 2.47. The number of ether oxygens (including phenoxy) is 1. The molecule has 0 bridgehead atoms. The highest BCUT2D eigenvalue weighted by atomic mass is 16.5. The van der Waals surface area contributed by atoms with Gasteiger partial charge < -0.3 is 4.74 Å². The maximum Gasteiger partial charge on any atom is 0.172 e. The highest BCUT2D eigenvalue weighted by Gasteiger charge is 2.32. The molecule has 2 aromatic carbocycles. The number of hydrogen-bond donors (Lipinski definition) is 0. The van der Waals surface area contributed by atoms with E-state index in [0.717, 1.165) is 16.9 Å². The van der Waals surface area contributed by atoms with Crippen molar-refractivity contribution in [2.75, 3.05) is 7.11 Å². The fourth-order valence-corrected chi connectivity index (χ4v) is 2.23. The molecule has 2 aromatic rings. The third-order valence-electron chi connectivity index (χ3n) is 3.38. The minimum atomic E-state index is -0.617. The van der Waals surface area contributed by atoms with Crippen LogP contribution in [0.4, 0.5) is 0 Å². The molecule has 0 aliphatic rings. The highest BCUT2D eigenvalue weighted by molar-refractivity contribution is 6.03. The van der Waals surface area contributed by atoms with Gasteiger partial charge in [0.15, 0.2) is 5.78 Å². The van der Waals surface area contributed by atoms with Crippen molar-refractivity contribution in [1.29, 1.82) is 0 Å². The SMILES string of the molecule is COc1ccccc1C(C)(C)C(=O)c1ccccc1. The van der Waals surface area contributed by atoms with Gasteiger partial charge in [0.05, 0.1) is 12.5 Å². The van der Waals surface area contributed by atoms with Crippen molar-refractivity contribution in [2.24, 2.45) is 0 Å². The van der Waals surface area contributed by atoms with Gasteiger partial charge in [0.2, 0.25) is 0 Å². The molecule has 0 unspecified atom stereocenters. The van der Waals surface area contributed by atoms with Crippen molar-refractivity contribution in [3.05, 3.63) is 65.7 Å². The number of ketones is 1. The molecular formula is C17H18O2. The van der Waals surface area contributed by atoms with Gasteiger partial charge in [-0.05, 0) is 19.9 Å². The summed E-state index contributed by atoms with van der Waals surface area (Å²) in [5.41, 5.74) is 1.01. The summed E-state index contributed by atoms with van der Waals surface area (Å²) in [6, 6.07) is 17.0. The third-order valence-corrected chi connectivity index (χ3v) is 3.38. The van der Waals surface area contributed by atoms with Crippen molar-refractivity contribution in [2.45, 2.75) is 19.3 Å². The number of methoxy groups -OCH3 is 1. The Morgan fingerprint density at radius 1 is 0.947 bits per heavy atom. The third kappa shape index (κ3) is 2.53. The molecule has 0 aliphatic carbocycles. The number of carbonyl (C=O) groups is 1. The fraction of sp³-hybridized carbons (Fsp3) is 0.235. The van der Waals surface area contributed by atoms with E-state index in [-0.39, 0.29) is 5.78 Å². The van der Waals surface area contributed by atoms with E-state index in [2.05, 4.69) is 0 Å². The number of rotatable bonds is 4. The van der Waals surface area contributed by atoms with Crippen molar-refractivity contribution < 1.29 is 9.53 Å². The Morgan fingerprint density at radius 3 is 2.16 bits per heavy atom. The van der Waals surface area contributed by atoms with Crippen LogP contribution in [0, 0.1) is 0 Å². The quantitative estimate of drug-likeness (QED) is 0.774. The normalized spacial score (nSPS) is 11.1. The second-order valence-corrected chi connectivity index (χ2v) is 5.02. The maximum absolute atomic E-state index is 12.7. The van der Waals surface area contributed by atoms with Crippen LogP contribution in [0.25, 0.3) is 0 Å². The van der Waals surface area contributed by atoms with E-state index in [1.807, 2.05) is 68.4 Å². The summed E-state index contributed by atoms with van der Waals surface area (Å²) in [7, 11) is 1.63. The first-order valence-electron chi connectivity index (χ1n) is 6.30. The molecule has 0 spiro atoms. The Kier molecular flexibility index (Phi) is 3.70. The summed E-state index contributed by atoms with van der Waals surface area (Å²) in [6.45, 7) is 3.86. The first kappa shape index (κ1) is 13.3. The summed E-state index contributed by atoms with van der Waals surface area (Å²) < 4.78 is 5.37. The first-order chi connectivity index (χ1) is 9.07. The zero-order valence-corrected chi connectivity index (χ0v) is 11.5. The number of benzene rings is 2. The summed E-state index contributed by atoms with van der Waals surface area (Å²) in [6.07, 6.45) is 0. The number of carbonyl (C=O) groups excluding carboxylic acids is 1. The molecule has 0 fully saturated rings. The van der Waals surface area contributed by atoms with Crippen LogP contribution in [0.3, 0.4) is 0 Å². The molecule has 0 N–H and O–H groups in total. The van der Waals surface area contributed by atoms with Gasteiger partial charge in [0, 0.05) is 11.1 Å². The largest absolute Gasteiger partial charge is 0.496 e. The fourth-order valence-electron chi connectivity index (χ4n) is 2.23. The molecular weight excluding hydrogens is 236 g/mol. The van der Waals surface area contributed by atoms with Crippen molar-refractivity contribution in [3.8, 4) is 5.75 Å². The van der Waals surface area contributed by atoms with E-state index < -0.39 is 5.41 Å². The Balaban J connectivity index is 2.45. The molecule has 98 valence electrons. The number of Topliss-reactive ketones (excluding diaryl/α,β-unsaturated/α-hetero) is 1. The molecule has 2 nitrogen and oxygen atoms in total. The van der Waals surface area contributed by atoms with E-state index in [9.17, 15) is 4.79 Å². The molecule has 0 aromatic heterocycles. The van der Waals surface area contributed by atoms with Gasteiger partial charge in [0.25, 0.3) is 0 Å². The van der Waals surface area contributed by atoms with Crippen LogP contribution < -0.4 is 4.74 Å². The smallest absolute Gasteiger partial charge is 0.172 e. The van der Waals surface area contributed by atoms with Crippen LogP contribution in [0.2, 0.25) is 0 Å². The molecule has 2 heteroatoms. The maximum atomic E-state index is 12.7. The van der Waals surface area contributed by atoms with Gasteiger partial charge in [-0.15, -0.1) is 0 Å². The summed E-state index contributed by atoms with van der Waals surface area (Å²) in [4.78, 5) is 12.7. The van der Waals surface area contributed by atoms with Gasteiger partial charge in [0.1, 0.15) is 5.75 Å². The first-order valence-corrected chi connectivity index (χ1v) is 6.30. The van der Waals surface area contributed by atoms with Crippen LogP contribution in [0.5, 0.6) is 5.75 Å². The van der Waals surface area contributed by atoms with Crippen LogP contribution in [0.15, 0.2) is 54.6 Å². The Hall–Kier alpha value is -2.09. The summed E-state index contributed by atoms with van der Waals surface area (Å²) >= 11 is 0. The van der Waals surface area contributed by atoms with Gasteiger partial charge in [-0.3, -0.25) is 4.79 Å². The predicted octanol–water partition coefficient (Wildman–Crippen LogP) is 3.86. The van der Waals surface area contributed by atoms with Crippen molar-refractivity contribution in [3.63, 3.8) is 0 Å². The van der Waals surface area contributed by atoms with Gasteiger partial charge >= 0.3 is 0 Å². The average molecular weight is 254 g/mol. The molecule has 0 radical (unpaired) electrons. The monoisotopic (exact) mass is 254 g/mol. The lowest BCUT2D eigenvalue weighted by molar-refractivity contribution is 0.0906. The molecule has 0 aliphatic heterocycles. The number of para-hydroxylation sites is 1. The van der Waals surface area contributed by atoms with E-state index >= 15 is 0 Å². The number of hydrogen-bond acceptors (Lipinski definition) is 2. The lowest BCUT2D eigenvalue weighted by Crippen LogP contribution is -2.29. The summed E-state index contributed by atoms with van der Waals surface area (Å²) in [5, 5.41) is 0.